The molecule has 0 atom stereocenters. The summed E-state index contributed by atoms with van der Waals surface area (Å²) in [5, 5.41) is 8.63. The lowest BCUT2D eigenvalue weighted by molar-refractivity contribution is 0.977. The SMILES string of the molecule is N#CS.c1ccc(C(c2ccccc2)c2ccccc2)cc1. The molecule has 0 saturated heterocycles. The van der Waals surface area contributed by atoms with Gasteiger partial charge in [-0.25, -0.2) is 0 Å². The lowest BCUT2D eigenvalue weighted by atomic mass is 9.85. The molecule has 3 aromatic carbocycles. The average Bonchev–Trinajstić information content (AvgIpc) is 2.59. The van der Waals surface area contributed by atoms with E-state index in [4.69, 9.17) is 5.26 Å². The van der Waals surface area contributed by atoms with Crippen LogP contribution in [0.3, 0.4) is 0 Å². The van der Waals surface area contributed by atoms with E-state index in [2.05, 4.69) is 104 Å². The molecule has 0 aliphatic heterocycles. The molecule has 0 N–H and O–H groups in total. The monoisotopic (exact) mass is 303 g/mol. The van der Waals surface area contributed by atoms with Gasteiger partial charge >= 0.3 is 0 Å². The van der Waals surface area contributed by atoms with Crippen LogP contribution >= 0.6 is 12.6 Å². The Labute approximate surface area is 137 Å². The van der Waals surface area contributed by atoms with Crippen molar-refractivity contribution >= 4 is 12.6 Å². The van der Waals surface area contributed by atoms with Crippen molar-refractivity contribution in [3.8, 4) is 5.40 Å². The second kappa shape index (κ2) is 8.71. The third-order valence-corrected chi connectivity index (χ3v) is 3.40. The summed E-state index contributed by atoms with van der Waals surface area (Å²) in [7, 11) is 0. The van der Waals surface area contributed by atoms with Gasteiger partial charge in [-0.2, -0.15) is 5.26 Å². The molecule has 0 fully saturated rings. The molecule has 0 heterocycles. The minimum atomic E-state index is 0.309. The highest BCUT2D eigenvalue weighted by molar-refractivity contribution is 7.85. The number of thiol groups is 1. The van der Waals surface area contributed by atoms with Gasteiger partial charge in [0.05, 0.1) is 0 Å². The van der Waals surface area contributed by atoms with Gasteiger partial charge in [-0.05, 0) is 16.7 Å². The van der Waals surface area contributed by atoms with Crippen molar-refractivity contribution in [3.05, 3.63) is 108 Å². The summed E-state index contributed by atoms with van der Waals surface area (Å²) in [6.07, 6.45) is 0. The van der Waals surface area contributed by atoms with Crippen molar-refractivity contribution in [2.45, 2.75) is 5.92 Å². The van der Waals surface area contributed by atoms with Crippen molar-refractivity contribution in [3.63, 3.8) is 0 Å². The number of nitrogens with zero attached hydrogens (tertiary/aromatic N) is 1. The van der Waals surface area contributed by atoms with Crippen LogP contribution in [-0.2, 0) is 0 Å². The van der Waals surface area contributed by atoms with E-state index in [1.807, 2.05) is 0 Å². The van der Waals surface area contributed by atoms with Crippen LogP contribution < -0.4 is 0 Å². The first-order valence-electron chi connectivity index (χ1n) is 7.05. The molecule has 22 heavy (non-hydrogen) atoms. The molecule has 0 spiro atoms. The lowest BCUT2D eigenvalue weighted by Gasteiger charge is -2.18. The zero-order valence-corrected chi connectivity index (χ0v) is 13.0. The van der Waals surface area contributed by atoms with Crippen LogP contribution in [0.5, 0.6) is 0 Å². The van der Waals surface area contributed by atoms with E-state index < -0.39 is 0 Å². The van der Waals surface area contributed by atoms with Crippen LogP contribution in [0.4, 0.5) is 0 Å². The van der Waals surface area contributed by atoms with Crippen LogP contribution in [0.1, 0.15) is 22.6 Å². The van der Waals surface area contributed by atoms with Gasteiger partial charge in [0.2, 0.25) is 0 Å². The predicted molar refractivity (Wildman–Crippen MR) is 94.9 cm³/mol. The van der Waals surface area contributed by atoms with E-state index >= 15 is 0 Å². The van der Waals surface area contributed by atoms with Crippen molar-refractivity contribution < 1.29 is 0 Å². The molecule has 0 aliphatic carbocycles. The molecule has 2 heteroatoms. The highest BCUT2D eigenvalue weighted by atomic mass is 32.1. The van der Waals surface area contributed by atoms with E-state index in [0.29, 0.717) is 5.92 Å². The van der Waals surface area contributed by atoms with Gasteiger partial charge in [0.25, 0.3) is 0 Å². The van der Waals surface area contributed by atoms with Crippen LogP contribution in [0.15, 0.2) is 91.0 Å². The molecule has 1 nitrogen and oxygen atoms in total. The largest absolute Gasteiger partial charge is 0.185 e. The van der Waals surface area contributed by atoms with Crippen LogP contribution in [0.25, 0.3) is 0 Å². The Balaban J connectivity index is 0.000000545. The Morgan fingerprint density at radius 1 is 0.591 bits per heavy atom. The summed E-state index contributed by atoms with van der Waals surface area (Å²) in [6.45, 7) is 0. The first-order chi connectivity index (χ1) is 10.9. The maximum Gasteiger partial charge on any atom is 0.130 e. The molecule has 3 aromatic rings. The summed E-state index contributed by atoms with van der Waals surface area (Å²) in [4.78, 5) is 0. The van der Waals surface area contributed by atoms with E-state index in [1.54, 1.807) is 0 Å². The Bertz CT molecular complexity index is 609. The molecule has 0 bridgehead atoms. The zero-order valence-electron chi connectivity index (χ0n) is 12.1. The van der Waals surface area contributed by atoms with E-state index in [1.165, 1.54) is 22.1 Å². The van der Waals surface area contributed by atoms with E-state index in [9.17, 15) is 0 Å². The van der Waals surface area contributed by atoms with Gasteiger partial charge in [0.15, 0.2) is 0 Å². The molecule has 0 unspecified atom stereocenters. The molecule has 0 amide bonds. The maximum atomic E-state index is 7.18. The van der Waals surface area contributed by atoms with Crippen molar-refractivity contribution in [2.75, 3.05) is 0 Å². The van der Waals surface area contributed by atoms with Gasteiger partial charge in [0.1, 0.15) is 5.40 Å². The third kappa shape index (κ3) is 4.25. The number of thiocyanates is 1. The highest BCUT2D eigenvalue weighted by Gasteiger charge is 2.15. The molecule has 0 aromatic heterocycles. The number of rotatable bonds is 3. The third-order valence-electron chi connectivity index (χ3n) is 3.40. The number of hydrogen-bond donors (Lipinski definition) is 1. The summed E-state index contributed by atoms with van der Waals surface area (Å²) in [6, 6.07) is 32.0. The Morgan fingerprint density at radius 2 is 0.818 bits per heavy atom. The molecule has 108 valence electrons. The van der Waals surface area contributed by atoms with Crippen LogP contribution in [-0.4, -0.2) is 0 Å². The molecular weight excluding hydrogens is 286 g/mol. The quantitative estimate of drug-likeness (QED) is 0.398. The van der Waals surface area contributed by atoms with Gasteiger partial charge in [-0.15, -0.1) is 0 Å². The number of nitriles is 1. The Morgan fingerprint density at radius 3 is 1.05 bits per heavy atom. The summed E-state index contributed by atoms with van der Waals surface area (Å²) in [5.74, 6) is 0.309. The van der Waals surface area contributed by atoms with Gasteiger partial charge in [-0.3, -0.25) is 0 Å². The summed E-state index contributed by atoms with van der Waals surface area (Å²) < 4.78 is 0. The summed E-state index contributed by atoms with van der Waals surface area (Å²) in [5.41, 5.74) is 4.00. The predicted octanol–water partition coefficient (Wildman–Crippen LogP) is 5.26. The minimum Gasteiger partial charge on any atom is -0.185 e. The normalized spacial score (nSPS) is 9.50. The number of hydrogen-bond acceptors (Lipinski definition) is 2. The van der Waals surface area contributed by atoms with Gasteiger partial charge in [-0.1, -0.05) is 104 Å². The van der Waals surface area contributed by atoms with Gasteiger partial charge in [0, 0.05) is 5.92 Å². The van der Waals surface area contributed by atoms with Crippen molar-refractivity contribution in [2.24, 2.45) is 0 Å². The second-order valence-electron chi connectivity index (χ2n) is 4.77. The Kier molecular flexibility index (Phi) is 6.29. The van der Waals surface area contributed by atoms with Crippen molar-refractivity contribution in [1.29, 1.82) is 5.26 Å². The first kappa shape index (κ1) is 15.9. The molecule has 3 rings (SSSR count). The Hall–Kier alpha value is -2.50. The van der Waals surface area contributed by atoms with Crippen LogP contribution in [0.2, 0.25) is 0 Å². The zero-order chi connectivity index (χ0) is 15.6. The fourth-order valence-corrected chi connectivity index (χ4v) is 2.51. The average molecular weight is 303 g/mol. The standard InChI is InChI=1S/C19H16.CHNS/c1-4-10-16(11-5-1)19(17-12-6-2-7-13-17)18-14-8-3-9-15-18;2-1-3/h1-15,19H;3H. The topological polar surface area (TPSA) is 23.8 Å². The van der Waals surface area contributed by atoms with Crippen molar-refractivity contribution in [1.82, 2.24) is 0 Å². The molecule has 0 radical (unpaired) electrons. The fraction of sp³-hybridized carbons (Fsp3) is 0.0500. The first-order valence-corrected chi connectivity index (χ1v) is 7.49. The highest BCUT2D eigenvalue weighted by Crippen LogP contribution is 2.31. The maximum absolute atomic E-state index is 7.18. The minimum absolute atomic E-state index is 0.309. The second-order valence-corrected chi connectivity index (χ2v) is 4.97. The fourth-order valence-electron chi connectivity index (χ4n) is 2.51. The van der Waals surface area contributed by atoms with Gasteiger partial charge < -0.3 is 0 Å². The summed E-state index contributed by atoms with van der Waals surface area (Å²) >= 11 is 3.09. The van der Waals surface area contributed by atoms with Crippen LogP contribution in [0, 0.1) is 10.7 Å². The molecular formula is C20H17NS. The molecule has 0 saturated carbocycles. The molecule has 0 aliphatic rings. The smallest absolute Gasteiger partial charge is 0.130 e. The lowest BCUT2D eigenvalue weighted by Crippen LogP contribution is -2.02. The number of benzene rings is 3. The van der Waals surface area contributed by atoms with E-state index in [-0.39, 0.29) is 0 Å². The van der Waals surface area contributed by atoms with E-state index in [0.717, 1.165) is 0 Å².